The maximum atomic E-state index is 12.6. The van der Waals surface area contributed by atoms with Crippen molar-refractivity contribution in [1.29, 1.82) is 0 Å². The molecule has 0 aliphatic rings. The highest BCUT2D eigenvalue weighted by atomic mass is 79.9. The second-order valence-electron chi connectivity index (χ2n) is 3.46. The molecule has 1 aromatic rings. The summed E-state index contributed by atoms with van der Waals surface area (Å²) in [6.45, 7) is -1.69. The molecule has 0 saturated heterocycles. The van der Waals surface area contributed by atoms with Gasteiger partial charge in [0.15, 0.2) is 0 Å². The van der Waals surface area contributed by atoms with Gasteiger partial charge in [0.2, 0.25) is 10.0 Å². The fraction of sp³-hybridized carbons (Fsp3) is 0.333. The standard InChI is InChI=1S/C9H7BrClF4NO2S/c10-6-3-5(1-2-7(6)11)19(17,18)16-4-9(14,15)8(12)13/h1-3,8,16H,4H2. The molecule has 0 fully saturated rings. The van der Waals surface area contributed by atoms with Crippen LogP contribution in [0.2, 0.25) is 5.02 Å². The van der Waals surface area contributed by atoms with Gasteiger partial charge in [-0.1, -0.05) is 11.6 Å². The number of rotatable bonds is 5. The zero-order chi connectivity index (χ0) is 14.8. The first kappa shape index (κ1) is 16.7. The molecule has 1 N–H and O–H groups in total. The Hall–Kier alpha value is -0.380. The van der Waals surface area contributed by atoms with E-state index in [0.717, 1.165) is 12.1 Å². The van der Waals surface area contributed by atoms with Gasteiger partial charge >= 0.3 is 12.3 Å². The molecule has 0 aliphatic heterocycles. The van der Waals surface area contributed by atoms with Crippen molar-refractivity contribution in [2.75, 3.05) is 6.54 Å². The van der Waals surface area contributed by atoms with Crippen molar-refractivity contribution in [1.82, 2.24) is 4.72 Å². The third-order valence-corrected chi connectivity index (χ3v) is 4.63. The molecule has 0 saturated carbocycles. The van der Waals surface area contributed by atoms with Crippen LogP contribution in [-0.2, 0) is 10.0 Å². The largest absolute Gasteiger partial charge is 0.320 e. The van der Waals surface area contributed by atoms with Gasteiger partial charge in [-0.3, -0.25) is 0 Å². The Balaban J connectivity index is 2.90. The van der Waals surface area contributed by atoms with Gasteiger partial charge in [0.25, 0.3) is 0 Å². The fourth-order valence-electron chi connectivity index (χ4n) is 0.996. The molecule has 0 unspecified atom stereocenters. The molecule has 0 amide bonds. The molecular weight excluding hydrogens is 378 g/mol. The number of hydrogen-bond donors (Lipinski definition) is 1. The van der Waals surface area contributed by atoms with Gasteiger partial charge in [-0.25, -0.2) is 21.9 Å². The van der Waals surface area contributed by atoms with E-state index in [9.17, 15) is 26.0 Å². The third kappa shape index (κ3) is 4.30. The molecule has 1 rings (SSSR count). The van der Waals surface area contributed by atoms with Gasteiger partial charge in [-0.05, 0) is 34.1 Å². The van der Waals surface area contributed by atoms with Gasteiger partial charge < -0.3 is 0 Å². The Kier molecular flexibility index (Phi) is 5.21. The smallest absolute Gasteiger partial charge is 0.207 e. The van der Waals surface area contributed by atoms with E-state index in [1.54, 1.807) is 0 Å². The van der Waals surface area contributed by atoms with E-state index in [2.05, 4.69) is 15.9 Å². The number of nitrogens with one attached hydrogen (secondary N) is 1. The van der Waals surface area contributed by atoms with E-state index in [4.69, 9.17) is 11.6 Å². The minimum Gasteiger partial charge on any atom is -0.207 e. The lowest BCUT2D eigenvalue weighted by molar-refractivity contribution is -0.122. The Morgan fingerprint density at radius 3 is 2.42 bits per heavy atom. The Morgan fingerprint density at radius 2 is 1.95 bits per heavy atom. The van der Waals surface area contributed by atoms with Crippen molar-refractivity contribution in [3.05, 3.63) is 27.7 Å². The van der Waals surface area contributed by atoms with Gasteiger partial charge in [-0.2, -0.15) is 8.78 Å². The normalized spacial score (nSPS) is 13.0. The van der Waals surface area contributed by atoms with Crippen molar-refractivity contribution >= 4 is 37.6 Å². The van der Waals surface area contributed by atoms with E-state index in [1.165, 1.54) is 10.8 Å². The molecule has 0 spiro atoms. The second kappa shape index (κ2) is 5.94. The molecule has 108 valence electrons. The van der Waals surface area contributed by atoms with Crippen molar-refractivity contribution in [3.8, 4) is 0 Å². The second-order valence-corrected chi connectivity index (χ2v) is 6.49. The maximum absolute atomic E-state index is 12.6. The minimum absolute atomic E-state index is 0.219. The van der Waals surface area contributed by atoms with Crippen molar-refractivity contribution in [3.63, 3.8) is 0 Å². The highest BCUT2D eigenvalue weighted by molar-refractivity contribution is 9.10. The highest BCUT2D eigenvalue weighted by Gasteiger charge is 2.41. The van der Waals surface area contributed by atoms with Gasteiger partial charge in [0, 0.05) is 4.47 Å². The molecule has 0 aliphatic carbocycles. The van der Waals surface area contributed by atoms with E-state index < -0.39 is 28.9 Å². The summed E-state index contributed by atoms with van der Waals surface area (Å²) in [4.78, 5) is -0.367. The summed E-state index contributed by atoms with van der Waals surface area (Å²) in [5.41, 5.74) is 0. The van der Waals surface area contributed by atoms with Crippen LogP contribution in [0.1, 0.15) is 0 Å². The Bertz CT molecular complexity index is 567. The van der Waals surface area contributed by atoms with E-state index in [0.29, 0.717) is 0 Å². The van der Waals surface area contributed by atoms with E-state index in [-0.39, 0.29) is 14.4 Å². The third-order valence-electron chi connectivity index (χ3n) is 2.02. The Labute approximate surface area is 120 Å². The first-order chi connectivity index (χ1) is 8.56. The summed E-state index contributed by atoms with van der Waals surface area (Å²) in [5, 5.41) is 0.219. The average molecular weight is 385 g/mol. The monoisotopic (exact) mass is 383 g/mol. The van der Waals surface area contributed by atoms with Crippen LogP contribution < -0.4 is 4.72 Å². The quantitative estimate of drug-likeness (QED) is 0.792. The van der Waals surface area contributed by atoms with Crippen LogP contribution in [0.4, 0.5) is 17.6 Å². The van der Waals surface area contributed by atoms with E-state index in [1.807, 2.05) is 0 Å². The molecule has 0 aromatic heterocycles. The molecule has 0 bridgehead atoms. The van der Waals surface area contributed by atoms with E-state index >= 15 is 0 Å². The van der Waals surface area contributed by atoms with Crippen molar-refractivity contribution in [2.24, 2.45) is 0 Å². The summed E-state index contributed by atoms with van der Waals surface area (Å²) in [6, 6.07) is 3.37. The van der Waals surface area contributed by atoms with Crippen molar-refractivity contribution in [2.45, 2.75) is 17.2 Å². The number of halogens is 6. The predicted octanol–water partition coefficient (Wildman–Crippen LogP) is 3.28. The topological polar surface area (TPSA) is 46.2 Å². The van der Waals surface area contributed by atoms with Gasteiger partial charge in [0.1, 0.15) is 0 Å². The molecule has 1 aromatic carbocycles. The first-order valence-electron chi connectivity index (χ1n) is 4.67. The molecular formula is C9H7BrClF4NO2S. The number of sulfonamides is 1. The predicted molar refractivity (Wildman–Crippen MR) is 65.3 cm³/mol. The van der Waals surface area contributed by atoms with Crippen LogP contribution in [-0.4, -0.2) is 27.3 Å². The van der Waals surface area contributed by atoms with Crippen LogP contribution in [0.15, 0.2) is 27.6 Å². The van der Waals surface area contributed by atoms with Gasteiger partial charge in [0.05, 0.1) is 16.5 Å². The molecule has 0 heterocycles. The van der Waals surface area contributed by atoms with Crippen molar-refractivity contribution < 1.29 is 26.0 Å². The lowest BCUT2D eigenvalue weighted by Gasteiger charge is -2.16. The zero-order valence-electron chi connectivity index (χ0n) is 9.01. The Morgan fingerprint density at radius 1 is 1.37 bits per heavy atom. The molecule has 19 heavy (non-hydrogen) atoms. The average Bonchev–Trinajstić information content (AvgIpc) is 2.30. The molecule has 0 atom stereocenters. The fourth-order valence-corrected chi connectivity index (χ4v) is 2.71. The summed E-state index contributed by atoms with van der Waals surface area (Å²) in [7, 11) is -4.32. The van der Waals surface area contributed by atoms with Crippen LogP contribution in [0.5, 0.6) is 0 Å². The molecule has 10 heteroatoms. The number of alkyl halides is 4. The van der Waals surface area contributed by atoms with Gasteiger partial charge in [-0.15, -0.1) is 0 Å². The lowest BCUT2D eigenvalue weighted by Crippen LogP contribution is -2.41. The molecule has 0 radical (unpaired) electrons. The summed E-state index contributed by atoms with van der Waals surface area (Å²) >= 11 is 8.60. The first-order valence-corrected chi connectivity index (χ1v) is 7.32. The summed E-state index contributed by atoms with van der Waals surface area (Å²) in [6.07, 6.45) is -3.95. The lowest BCUT2D eigenvalue weighted by atomic mass is 10.4. The zero-order valence-corrected chi connectivity index (χ0v) is 12.2. The van der Waals surface area contributed by atoms with Crippen LogP contribution >= 0.6 is 27.5 Å². The highest BCUT2D eigenvalue weighted by Crippen LogP contribution is 2.26. The maximum Gasteiger partial charge on any atom is 0.320 e. The number of hydrogen-bond acceptors (Lipinski definition) is 2. The number of benzene rings is 1. The summed E-state index contributed by atoms with van der Waals surface area (Å²) < 4.78 is 73.9. The van der Waals surface area contributed by atoms with Crippen LogP contribution in [0.3, 0.4) is 0 Å². The van der Waals surface area contributed by atoms with Crippen LogP contribution in [0.25, 0.3) is 0 Å². The SMILES string of the molecule is O=S(=O)(NCC(F)(F)C(F)F)c1ccc(Cl)c(Br)c1. The summed E-state index contributed by atoms with van der Waals surface area (Å²) in [5.74, 6) is -4.43. The molecule has 3 nitrogen and oxygen atoms in total. The minimum atomic E-state index is -4.43. The van der Waals surface area contributed by atoms with Crippen LogP contribution in [0, 0.1) is 0 Å².